The SMILES string of the molecule is CC(C)(CCl)C(=O)Nc1ccc(Sc2ncn[nH]2)cc1. The number of halogens is 1. The Hall–Kier alpha value is -1.53. The van der Waals surface area contributed by atoms with Crippen LogP contribution in [0.1, 0.15) is 13.8 Å². The molecule has 20 heavy (non-hydrogen) atoms. The molecule has 106 valence electrons. The number of amides is 1. The third-order valence-corrected chi connectivity index (χ3v) is 4.23. The van der Waals surface area contributed by atoms with Crippen molar-refractivity contribution in [2.45, 2.75) is 23.9 Å². The Morgan fingerprint density at radius 2 is 2.10 bits per heavy atom. The standard InChI is InChI=1S/C13H15ClN4OS/c1-13(2,7-14)11(19)17-9-3-5-10(6-4-9)20-12-15-8-16-18-12/h3-6,8H,7H2,1-2H3,(H,17,19)(H,15,16,18). The first-order chi connectivity index (χ1) is 9.51. The number of nitrogens with one attached hydrogen (secondary N) is 2. The van der Waals surface area contributed by atoms with E-state index in [9.17, 15) is 4.79 Å². The molecule has 0 spiro atoms. The van der Waals surface area contributed by atoms with Crippen LogP contribution in [-0.2, 0) is 4.79 Å². The monoisotopic (exact) mass is 310 g/mol. The van der Waals surface area contributed by atoms with Crippen LogP contribution in [-0.4, -0.2) is 27.0 Å². The fourth-order valence-corrected chi connectivity index (χ4v) is 2.14. The van der Waals surface area contributed by atoms with Gasteiger partial charge in [-0.05, 0) is 38.1 Å². The summed E-state index contributed by atoms with van der Waals surface area (Å²) in [5.74, 6) is 0.182. The fourth-order valence-electron chi connectivity index (χ4n) is 1.32. The van der Waals surface area contributed by atoms with Crippen LogP contribution in [0.25, 0.3) is 0 Å². The van der Waals surface area contributed by atoms with E-state index in [-0.39, 0.29) is 11.8 Å². The highest BCUT2D eigenvalue weighted by Crippen LogP contribution is 2.26. The van der Waals surface area contributed by atoms with Crippen molar-refractivity contribution in [3.05, 3.63) is 30.6 Å². The summed E-state index contributed by atoms with van der Waals surface area (Å²) in [6.45, 7) is 3.62. The number of hydrogen-bond acceptors (Lipinski definition) is 4. The van der Waals surface area contributed by atoms with Crippen molar-refractivity contribution in [1.82, 2.24) is 15.2 Å². The Morgan fingerprint density at radius 3 is 2.65 bits per heavy atom. The fraction of sp³-hybridized carbons (Fsp3) is 0.308. The van der Waals surface area contributed by atoms with Gasteiger partial charge in [-0.2, -0.15) is 5.10 Å². The number of carbonyl (C=O) groups excluding carboxylic acids is 1. The molecule has 0 aliphatic rings. The third-order valence-electron chi connectivity index (χ3n) is 2.67. The number of anilines is 1. The maximum absolute atomic E-state index is 12.0. The molecule has 0 radical (unpaired) electrons. The zero-order chi connectivity index (χ0) is 14.6. The van der Waals surface area contributed by atoms with Gasteiger partial charge in [0.15, 0.2) is 5.16 Å². The van der Waals surface area contributed by atoms with Crippen molar-refractivity contribution in [3.8, 4) is 0 Å². The second kappa shape index (κ2) is 6.28. The lowest BCUT2D eigenvalue weighted by atomic mass is 9.95. The van der Waals surface area contributed by atoms with Gasteiger partial charge >= 0.3 is 0 Å². The molecular weight excluding hydrogens is 296 g/mol. The first kappa shape index (κ1) is 14.9. The van der Waals surface area contributed by atoms with E-state index in [1.165, 1.54) is 18.1 Å². The van der Waals surface area contributed by atoms with Gasteiger partial charge in [0, 0.05) is 16.5 Å². The largest absolute Gasteiger partial charge is 0.326 e. The molecule has 2 N–H and O–H groups in total. The molecule has 5 nitrogen and oxygen atoms in total. The minimum atomic E-state index is -0.588. The summed E-state index contributed by atoms with van der Waals surface area (Å²) in [7, 11) is 0. The zero-order valence-corrected chi connectivity index (χ0v) is 12.8. The van der Waals surface area contributed by atoms with Crippen molar-refractivity contribution in [2.75, 3.05) is 11.2 Å². The highest BCUT2D eigenvalue weighted by Gasteiger charge is 2.26. The normalized spacial score (nSPS) is 11.3. The van der Waals surface area contributed by atoms with Gasteiger partial charge in [-0.15, -0.1) is 11.6 Å². The lowest BCUT2D eigenvalue weighted by Gasteiger charge is -2.20. The average molecular weight is 311 g/mol. The number of carbonyl (C=O) groups is 1. The molecule has 0 saturated carbocycles. The predicted molar refractivity (Wildman–Crippen MR) is 80.1 cm³/mol. The molecule has 0 atom stereocenters. The van der Waals surface area contributed by atoms with Crippen LogP contribution < -0.4 is 5.32 Å². The lowest BCUT2D eigenvalue weighted by molar-refractivity contribution is -0.122. The predicted octanol–water partition coefficient (Wildman–Crippen LogP) is 3.16. The molecule has 0 saturated heterocycles. The molecule has 0 unspecified atom stereocenters. The van der Waals surface area contributed by atoms with Crippen molar-refractivity contribution in [2.24, 2.45) is 5.41 Å². The zero-order valence-electron chi connectivity index (χ0n) is 11.2. The Balaban J connectivity index is 2.00. The van der Waals surface area contributed by atoms with Gasteiger partial charge in [-0.25, -0.2) is 4.98 Å². The van der Waals surface area contributed by atoms with Gasteiger partial charge < -0.3 is 5.32 Å². The smallest absolute Gasteiger partial charge is 0.231 e. The van der Waals surface area contributed by atoms with Crippen molar-refractivity contribution >= 4 is 35.0 Å². The first-order valence-electron chi connectivity index (χ1n) is 6.02. The summed E-state index contributed by atoms with van der Waals surface area (Å²) in [5, 5.41) is 10.1. The summed E-state index contributed by atoms with van der Waals surface area (Å²) in [4.78, 5) is 17.0. The van der Waals surface area contributed by atoms with E-state index in [1.54, 1.807) is 0 Å². The van der Waals surface area contributed by atoms with Crippen LogP contribution in [0.2, 0.25) is 0 Å². The van der Waals surface area contributed by atoms with Gasteiger partial charge in [-0.3, -0.25) is 9.89 Å². The van der Waals surface area contributed by atoms with E-state index in [1.807, 2.05) is 38.1 Å². The van der Waals surface area contributed by atoms with Crippen LogP contribution in [0.15, 0.2) is 40.6 Å². The number of aromatic amines is 1. The highest BCUT2D eigenvalue weighted by atomic mass is 35.5. The summed E-state index contributed by atoms with van der Waals surface area (Å²) in [5.41, 5.74) is 0.157. The van der Waals surface area contributed by atoms with E-state index in [0.717, 1.165) is 15.7 Å². The Labute approximate surface area is 126 Å². The van der Waals surface area contributed by atoms with Gasteiger partial charge in [0.25, 0.3) is 0 Å². The number of H-pyrrole nitrogens is 1. The molecule has 0 aliphatic heterocycles. The van der Waals surface area contributed by atoms with Crippen LogP contribution >= 0.6 is 23.4 Å². The van der Waals surface area contributed by atoms with Crippen LogP contribution in [0.3, 0.4) is 0 Å². The third kappa shape index (κ3) is 3.74. The van der Waals surface area contributed by atoms with E-state index in [2.05, 4.69) is 20.5 Å². The Morgan fingerprint density at radius 1 is 1.40 bits per heavy atom. The van der Waals surface area contributed by atoms with Crippen LogP contribution in [0.4, 0.5) is 5.69 Å². The Kier molecular flexibility index (Phi) is 4.67. The summed E-state index contributed by atoms with van der Waals surface area (Å²) in [6, 6.07) is 7.52. The summed E-state index contributed by atoms with van der Waals surface area (Å²) < 4.78 is 0. The molecule has 2 aromatic rings. The molecular formula is C13H15ClN4OS. The average Bonchev–Trinajstić information content (AvgIpc) is 2.94. The first-order valence-corrected chi connectivity index (χ1v) is 7.37. The van der Waals surface area contributed by atoms with E-state index in [0.29, 0.717) is 0 Å². The number of alkyl halides is 1. The summed E-state index contributed by atoms with van der Waals surface area (Å²) in [6.07, 6.45) is 1.46. The second-order valence-corrected chi connectivity index (χ2v) is 6.22. The lowest BCUT2D eigenvalue weighted by Crippen LogP contribution is -2.32. The molecule has 0 fully saturated rings. The second-order valence-electron chi connectivity index (χ2n) is 4.89. The minimum absolute atomic E-state index is 0.0943. The number of hydrogen-bond donors (Lipinski definition) is 2. The van der Waals surface area contributed by atoms with Gasteiger partial charge in [0.1, 0.15) is 6.33 Å². The molecule has 0 aliphatic carbocycles. The highest BCUT2D eigenvalue weighted by molar-refractivity contribution is 7.99. The summed E-state index contributed by atoms with van der Waals surface area (Å²) >= 11 is 7.25. The minimum Gasteiger partial charge on any atom is -0.326 e. The quantitative estimate of drug-likeness (QED) is 0.832. The molecule has 0 bridgehead atoms. The number of benzene rings is 1. The van der Waals surface area contributed by atoms with Gasteiger partial charge in [-0.1, -0.05) is 11.8 Å². The molecule has 1 heterocycles. The molecule has 2 rings (SSSR count). The maximum Gasteiger partial charge on any atom is 0.231 e. The number of rotatable bonds is 5. The topological polar surface area (TPSA) is 70.7 Å². The van der Waals surface area contributed by atoms with Crippen LogP contribution in [0, 0.1) is 5.41 Å². The number of aromatic nitrogens is 3. The van der Waals surface area contributed by atoms with Gasteiger partial charge in [0.05, 0.1) is 5.41 Å². The molecule has 1 aromatic carbocycles. The maximum atomic E-state index is 12.0. The van der Waals surface area contributed by atoms with Crippen molar-refractivity contribution in [3.63, 3.8) is 0 Å². The number of nitrogens with zero attached hydrogens (tertiary/aromatic N) is 2. The van der Waals surface area contributed by atoms with Crippen molar-refractivity contribution in [1.29, 1.82) is 0 Å². The van der Waals surface area contributed by atoms with Crippen molar-refractivity contribution < 1.29 is 4.79 Å². The Bertz CT molecular complexity index is 569. The van der Waals surface area contributed by atoms with Gasteiger partial charge in [0.2, 0.25) is 5.91 Å². The van der Waals surface area contributed by atoms with E-state index < -0.39 is 5.41 Å². The molecule has 1 amide bonds. The van der Waals surface area contributed by atoms with E-state index >= 15 is 0 Å². The molecule has 7 heteroatoms. The van der Waals surface area contributed by atoms with Crippen LogP contribution in [0.5, 0.6) is 0 Å². The van der Waals surface area contributed by atoms with E-state index in [4.69, 9.17) is 11.6 Å². The molecule has 1 aromatic heterocycles.